The van der Waals surface area contributed by atoms with Crippen molar-refractivity contribution < 1.29 is 9.47 Å². The van der Waals surface area contributed by atoms with E-state index in [1.54, 1.807) is 18.1 Å². The van der Waals surface area contributed by atoms with Crippen LogP contribution < -0.4 is 0 Å². The van der Waals surface area contributed by atoms with Crippen LogP contribution in [0, 0.1) is 0 Å². The van der Waals surface area contributed by atoms with E-state index in [0.717, 1.165) is 43.5 Å². The highest BCUT2D eigenvalue weighted by Gasteiger charge is 2.16. The van der Waals surface area contributed by atoms with Gasteiger partial charge in [0.05, 0.1) is 19.0 Å². The number of unbranched alkanes of at least 4 members (excludes halogenated alkanes) is 1. The third-order valence-electron chi connectivity index (χ3n) is 2.55. The predicted molar refractivity (Wildman–Crippen MR) is 66.0 cm³/mol. The number of nitrogens with zero attached hydrogens (tertiary/aromatic N) is 3. The van der Waals surface area contributed by atoms with Gasteiger partial charge in [0.25, 0.3) is 0 Å². The van der Waals surface area contributed by atoms with Gasteiger partial charge in [0.2, 0.25) is 0 Å². The fourth-order valence-corrected chi connectivity index (χ4v) is 2.49. The number of hydrogen-bond acceptors (Lipinski definition) is 5. The minimum Gasteiger partial charge on any atom is -0.352 e. The summed E-state index contributed by atoms with van der Waals surface area (Å²) in [7, 11) is 0. The van der Waals surface area contributed by atoms with Crippen molar-refractivity contribution in [3.63, 3.8) is 0 Å². The average Bonchev–Trinajstić information content (AvgIpc) is 2.82. The predicted octanol–water partition coefficient (Wildman–Crippen LogP) is 1.93. The highest BCUT2D eigenvalue weighted by molar-refractivity contribution is 7.99. The molecule has 2 heterocycles. The molecule has 0 aromatic carbocycles. The van der Waals surface area contributed by atoms with Crippen LogP contribution in [-0.2, 0) is 16.0 Å². The SMILES string of the molecule is CCCCn1ncnc1SCC1OCCCO1. The van der Waals surface area contributed by atoms with Gasteiger partial charge < -0.3 is 9.47 Å². The molecule has 5 nitrogen and oxygen atoms in total. The minimum atomic E-state index is -0.0925. The van der Waals surface area contributed by atoms with Crippen LogP contribution in [0.3, 0.4) is 0 Å². The van der Waals surface area contributed by atoms with Crippen molar-refractivity contribution in [2.45, 2.75) is 44.2 Å². The molecule has 1 saturated heterocycles. The maximum atomic E-state index is 5.50. The van der Waals surface area contributed by atoms with E-state index in [1.165, 1.54) is 6.42 Å². The molecule has 0 saturated carbocycles. The van der Waals surface area contributed by atoms with Gasteiger partial charge >= 0.3 is 0 Å². The Bertz CT molecular complexity index is 326. The number of ether oxygens (including phenoxy) is 2. The highest BCUT2D eigenvalue weighted by Crippen LogP contribution is 2.19. The summed E-state index contributed by atoms with van der Waals surface area (Å²) in [6.45, 7) is 4.71. The molecule has 0 unspecified atom stereocenters. The van der Waals surface area contributed by atoms with E-state index < -0.39 is 0 Å². The molecule has 0 spiro atoms. The Morgan fingerprint density at radius 1 is 1.47 bits per heavy atom. The molecule has 0 atom stereocenters. The molecule has 1 aliphatic heterocycles. The molecule has 1 aromatic rings. The molecule has 0 N–H and O–H groups in total. The van der Waals surface area contributed by atoms with E-state index in [-0.39, 0.29) is 6.29 Å². The van der Waals surface area contributed by atoms with Crippen molar-refractivity contribution in [1.29, 1.82) is 0 Å². The van der Waals surface area contributed by atoms with E-state index in [0.29, 0.717) is 0 Å². The Balaban J connectivity index is 1.79. The number of aromatic nitrogens is 3. The van der Waals surface area contributed by atoms with Crippen molar-refractivity contribution >= 4 is 11.8 Å². The summed E-state index contributed by atoms with van der Waals surface area (Å²) in [6, 6.07) is 0. The van der Waals surface area contributed by atoms with Gasteiger partial charge in [-0.05, 0) is 12.8 Å². The lowest BCUT2D eigenvalue weighted by molar-refractivity contribution is -0.164. The first-order valence-electron chi connectivity index (χ1n) is 6.14. The summed E-state index contributed by atoms with van der Waals surface area (Å²) < 4.78 is 12.9. The smallest absolute Gasteiger partial charge is 0.186 e. The Hall–Kier alpha value is -0.590. The lowest BCUT2D eigenvalue weighted by Crippen LogP contribution is -2.27. The number of thioether (sulfide) groups is 1. The van der Waals surface area contributed by atoms with Crippen LogP contribution in [0.2, 0.25) is 0 Å². The van der Waals surface area contributed by atoms with Gasteiger partial charge in [-0.2, -0.15) is 5.10 Å². The maximum absolute atomic E-state index is 5.50. The first kappa shape index (κ1) is 12.9. The molecule has 1 fully saturated rings. The van der Waals surface area contributed by atoms with Gasteiger partial charge in [-0.15, -0.1) is 0 Å². The Morgan fingerprint density at radius 2 is 2.29 bits per heavy atom. The van der Waals surface area contributed by atoms with Crippen molar-refractivity contribution in [2.75, 3.05) is 19.0 Å². The van der Waals surface area contributed by atoms with Gasteiger partial charge in [0.15, 0.2) is 11.4 Å². The largest absolute Gasteiger partial charge is 0.352 e. The van der Waals surface area contributed by atoms with Crippen LogP contribution in [-0.4, -0.2) is 40.0 Å². The molecule has 0 bridgehead atoms. The number of aryl methyl sites for hydroxylation is 1. The average molecular weight is 257 g/mol. The Labute approximate surface area is 106 Å². The second-order valence-electron chi connectivity index (χ2n) is 3.96. The van der Waals surface area contributed by atoms with Gasteiger partial charge in [-0.25, -0.2) is 9.67 Å². The summed E-state index contributed by atoms with van der Waals surface area (Å²) in [5.41, 5.74) is 0. The first-order chi connectivity index (χ1) is 8.40. The van der Waals surface area contributed by atoms with Crippen molar-refractivity contribution in [3.05, 3.63) is 6.33 Å². The molecule has 2 rings (SSSR count). The molecular weight excluding hydrogens is 238 g/mol. The number of hydrogen-bond donors (Lipinski definition) is 0. The van der Waals surface area contributed by atoms with Crippen molar-refractivity contribution in [3.8, 4) is 0 Å². The van der Waals surface area contributed by atoms with Gasteiger partial charge in [0.1, 0.15) is 6.33 Å². The lowest BCUT2D eigenvalue weighted by atomic mass is 10.3. The third kappa shape index (κ3) is 3.97. The van der Waals surface area contributed by atoms with Crippen LogP contribution in [0.25, 0.3) is 0 Å². The summed E-state index contributed by atoms with van der Waals surface area (Å²) in [5.74, 6) is 0.783. The highest BCUT2D eigenvalue weighted by atomic mass is 32.2. The summed E-state index contributed by atoms with van der Waals surface area (Å²) in [6.07, 6.45) is 4.81. The zero-order chi connectivity index (χ0) is 11.9. The molecule has 0 aliphatic carbocycles. The molecular formula is C11H19N3O2S. The molecule has 17 heavy (non-hydrogen) atoms. The molecule has 0 radical (unpaired) electrons. The van der Waals surface area contributed by atoms with E-state index in [4.69, 9.17) is 9.47 Å². The van der Waals surface area contributed by atoms with Crippen LogP contribution in [0.1, 0.15) is 26.2 Å². The van der Waals surface area contributed by atoms with Crippen LogP contribution in [0.15, 0.2) is 11.5 Å². The Morgan fingerprint density at radius 3 is 3.06 bits per heavy atom. The quantitative estimate of drug-likeness (QED) is 0.729. The van der Waals surface area contributed by atoms with Gasteiger partial charge in [0, 0.05) is 6.54 Å². The van der Waals surface area contributed by atoms with Gasteiger partial charge in [-0.3, -0.25) is 0 Å². The van der Waals surface area contributed by atoms with Gasteiger partial charge in [-0.1, -0.05) is 25.1 Å². The fourth-order valence-electron chi connectivity index (χ4n) is 1.60. The lowest BCUT2D eigenvalue weighted by Gasteiger charge is -2.22. The van der Waals surface area contributed by atoms with Crippen molar-refractivity contribution in [1.82, 2.24) is 14.8 Å². The summed E-state index contributed by atoms with van der Waals surface area (Å²) >= 11 is 1.65. The second kappa shape index (κ2) is 6.98. The van der Waals surface area contributed by atoms with Crippen LogP contribution in [0.5, 0.6) is 0 Å². The summed E-state index contributed by atoms with van der Waals surface area (Å²) in [4.78, 5) is 4.26. The summed E-state index contributed by atoms with van der Waals surface area (Å²) in [5, 5.41) is 5.18. The fraction of sp³-hybridized carbons (Fsp3) is 0.818. The van der Waals surface area contributed by atoms with Crippen LogP contribution >= 0.6 is 11.8 Å². The second-order valence-corrected chi connectivity index (χ2v) is 4.94. The molecule has 0 amide bonds. The normalized spacial score (nSPS) is 17.5. The maximum Gasteiger partial charge on any atom is 0.186 e. The molecule has 1 aromatic heterocycles. The van der Waals surface area contributed by atoms with E-state index in [9.17, 15) is 0 Å². The standard InChI is InChI=1S/C11H19N3O2S/c1-2-3-5-14-11(12-9-13-14)17-8-10-15-6-4-7-16-10/h9-10H,2-8H2,1H3. The van der Waals surface area contributed by atoms with Crippen LogP contribution in [0.4, 0.5) is 0 Å². The third-order valence-corrected chi connectivity index (χ3v) is 3.56. The molecule has 6 heteroatoms. The zero-order valence-electron chi connectivity index (χ0n) is 10.2. The van der Waals surface area contributed by atoms with E-state index >= 15 is 0 Å². The van der Waals surface area contributed by atoms with Crippen molar-refractivity contribution in [2.24, 2.45) is 0 Å². The van der Waals surface area contributed by atoms with E-state index in [2.05, 4.69) is 17.0 Å². The zero-order valence-corrected chi connectivity index (χ0v) is 11.0. The minimum absolute atomic E-state index is 0.0925. The molecule has 1 aliphatic rings. The topological polar surface area (TPSA) is 49.2 Å². The van der Waals surface area contributed by atoms with E-state index in [1.807, 2.05) is 4.68 Å². The monoisotopic (exact) mass is 257 g/mol. The Kier molecular flexibility index (Phi) is 5.28. The first-order valence-corrected chi connectivity index (χ1v) is 7.12. The molecule has 96 valence electrons. The number of rotatable bonds is 6.